The zero-order valence-corrected chi connectivity index (χ0v) is 16.4. The van der Waals surface area contributed by atoms with Crippen molar-refractivity contribution in [2.24, 2.45) is 12.5 Å². The van der Waals surface area contributed by atoms with Crippen molar-refractivity contribution in [2.45, 2.75) is 45.7 Å². The molecule has 0 N–H and O–H groups in total. The molecule has 6 heteroatoms. The van der Waals surface area contributed by atoms with Crippen molar-refractivity contribution in [1.82, 2.24) is 24.6 Å². The smallest absolute Gasteiger partial charge is 0.222 e. The summed E-state index contributed by atoms with van der Waals surface area (Å²) >= 11 is 0. The van der Waals surface area contributed by atoms with Crippen LogP contribution in [0.15, 0.2) is 30.7 Å². The van der Waals surface area contributed by atoms with E-state index in [0.717, 1.165) is 38.2 Å². The number of amides is 1. The van der Waals surface area contributed by atoms with Gasteiger partial charge in [-0.15, -0.1) is 0 Å². The van der Waals surface area contributed by atoms with Gasteiger partial charge in [-0.2, -0.15) is 5.10 Å². The van der Waals surface area contributed by atoms with Crippen LogP contribution >= 0.6 is 0 Å². The summed E-state index contributed by atoms with van der Waals surface area (Å²) in [6.07, 6.45) is 9.74. The molecule has 1 amide bonds. The second-order valence-corrected chi connectivity index (χ2v) is 8.30. The molecular formula is C21H29N5O. The lowest BCUT2D eigenvalue weighted by molar-refractivity contribution is -0.140. The fraction of sp³-hybridized carbons (Fsp3) is 0.571. The van der Waals surface area contributed by atoms with Gasteiger partial charge in [0.25, 0.3) is 0 Å². The number of nitrogens with zero attached hydrogens (tertiary/aromatic N) is 5. The molecule has 2 saturated heterocycles. The van der Waals surface area contributed by atoms with Gasteiger partial charge in [0.2, 0.25) is 5.91 Å². The summed E-state index contributed by atoms with van der Waals surface area (Å²) in [5, 5.41) is 4.39. The lowest BCUT2D eigenvalue weighted by Crippen LogP contribution is -2.53. The van der Waals surface area contributed by atoms with E-state index in [-0.39, 0.29) is 11.3 Å². The molecular weight excluding hydrogens is 338 g/mol. The van der Waals surface area contributed by atoms with Crippen molar-refractivity contribution >= 4 is 5.91 Å². The molecule has 144 valence electrons. The first-order chi connectivity index (χ1) is 13.0. The van der Waals surface area contributed by atoms with Crippen LogP contribution in [0.5, 0.6) is 0 Å². The number of hydrogen-bond acceptors (Lipinski definition) is 4. The molecule has 2 aliphatic rings. The maximum atomic E-state index is 12.5. The molecule has 2 fully saturated rings. The normalized spacial score (nSPS) is 23.9. The van der Waals surface area contributed by atoms with Gasteiger partial charge in [0.05, 0.1) is 6.20 Å². The SMILES string of the molecule is Cc1c(CN2CCC[C@@]3(CCC(=O)N(Cc4cccnc4)C3)C2)cnn1C. The lowest BCUT2D eigenvalue weighted by Gasteiger charge is -2.48. The minimum absolute atomic E-state index is 0.227. The van der Waals surface area contributed by atoms with Crippen LogP contribution in [0.25, 0.3) is 0 Å². The van der Waals surface area contributed by atoms with Crippen LogP contribution in [0.2, 0.25) is 0 Å². The third-order valence-electron chi connectivity index (χ3n) is 6.32. The Kier molecular flexibility index (Phi) is 5.00. The highest BCUT2D eigenvalue weighted by atomic mass is 16.2. The summed E-state index contributed by atoms with van der Waals surface area (Å²) in [7, 11) is 2.00. The molecule has 2 aliphatic heterocycles. The van der Waals surface area contributed by atoms with E-state index in [4.69, 9.17) is 0 Å². The molecule has 4 rings (SSSR count). The van der Waals surface area contributed by atoms with E-state index in [1.165, 1.54) is 24.1 Å². The standard InChI is InChI=1S/C21H29N5O/c1-17-19(12-23-24(17)2)14-25-10-4-7-21(15-25)8-6-20(27)26(16-21)13-18-5-3-9-22-11-18/h3,5,9,11-12H,4,6-8,10,13-16H2,1-2H3/t21-/m1/s1. The van der Waals surface area contributed by atoms with Gasteiger partial charge in [-0.1, -0.05) is 6.07 Å². The van der Waals surface area contributed by atoms with E-state index in [0.29, 0.717) is 13.0 Å². The van der Waals surface area contributed by atoms with Crippen molar-refractivity contribution in [3.8, 4) is 0 Å². The van der Waals surface area contributed by atoms with Gasteiger partial charge >= 0.3 is 0 Å². The molecule has 0 saturated carbocycles. The fourth-order valence-corrected chi connectivity index (χ4v) is 4.68. The maximum absolute atomic E-state index is 12.5. The molecule has 27 heavy (non-hydrogen) atoms. The second kappa shape index (κ2) is 7.43. The number of pyridine rings is 1. The third kappa shape index (κ3) is 3.90. The van der Waals surface area contributed by atoms with Gasteiger partial charge < -0.3 is 4.90 Å². The summed E-state index contributed by atoms with van der Waals surface area (Å²) in [6, 6.07) is 4.00. The average Bonchev–Trinajstić information content (AvgIpc) is 2.98. The zero-order valence-electron chi connectivity index (χ0n) is 16.4. The molecule has 6 nitrogen and oxygen atoms in total. The maximum Gasteiger partial charge on any atom is 0.222 e. The number of aromatic nitrogens is 3. The predicted octanol–water partition coefficient (Wildman–Crippen LogP) is 2.53. The molecule has 0 aliphatic carbocycles. The largest absolute Gasteiger partial charge is 0.338 e. The first-order valence-electron chi connectivity index (χ1n) is 9.91. The Morgan fingerprint density at radius 3 is 2.81 bits per heavy atom. The first kappa shape index (κ1) is 18.2. The summed E-state index contributed by atoms with van der Waals surface area (Å²) in [5.74, 6) is 0.282. The number of carbonyl (C=O) groups excluding carboxylic acids is 1. The molecule has 0 unspecified atom stereocenters. The Morgan fingerprint density at radius 1 is 1.19 bits per heavy atom. The van der Waals surface area contributed by atoms with Crippen molar-refractivity contribution in [1.29, 1.82) is 0 Å². The van der Waals surface area contributed by atoms with Gasteiger partial charge in [-0.3, -0.25) is 19.4 Å². The van der Waals surface area contributed by atoms with Crippen LogP contribution in [0.4, 0.5) is 0 Å². The summed E-state index contributed by atoms with van der Waals surface area (Å²) in [4.78, 5) is 21.3. The third-order valence-corrected chi connectivity index (χ3v) is 6.32. The molecule has 0 radical (unpaired) electrons. The van der Waals surface area contributed by atoms with E-state index in [1.54, 1.807) is 6.20 Å². The first-order valence-corrected chi connectivity index (χ1v) is 9.91. The number of carbonyl (C=O) groups is 1. The van der Waals surface area contributed by atoms with Gasteiger partial charge in [0.15, 0.2) is 0 Å². The van der Waals surface area contributed by atoms with Crippen LogP contribution in [0, 0.1) is 12.3 Å². The summed E-state index contributed by atoms with van der Waals surface area (Å²) in [6.45, 7) is 6.83. The van der Waals surface area contributed by atoms with Crippen molar-refractivity contribution in [3.63, 3.8) is 0 Å². The van der Waals surface area contributed by atoms with Gasteiger partial charge in [0.1, 0.15) is 0 Å². The highest BCUT2D eigenvalue weighted by molar-refractivity contribution is 5.77. The topological polar surface area (TPSA) is 54.3 Å². The Balaban J connectivity index is 1.45. The number of hydrogen-bond donors (Lipinski definition) is 0. The van der Waals surface area contributed by atoms with E-state index in [2.05, 4.69) is 32.9 Å². The summed E-state index contributed by atoms with van der Waals surface area (Å²) in [5.41, 5.74) is 3.90. The lowest BCUT2D eigenvalue weighted by atomic mass is 9.73. The quantitative estimate of drug-likeness (QED) is 0.833. The van der Waals surface area contributed by atoms with E-state index >= 15 is 0 Å². The summed E-state index contributed by atoms with van der Waals surface area (Å²) < 4.78 is 1.95. The van der Waals surface area contributed by atoms with Crippen molar-refractivity contribution < 1.29 is 4.79 Å². The Bertz CT molecular complexity index is 802. The molecule has 0 bridgehead atoms. The Labute approximate surface area is 161 Å². The molecule has 4 heterocycles. The van der Waals surface area contributed by atoms with Crippen LogP contribution in [-0.2, 0) is 24.9 Å². The Hall–Kier alpha value is -2.21. The number of likely N-dealkylation sites (tertiary alicyclic amines) is 2. The zero-order chi connectivity index (χ0) is 18.9. The molecule has 0 aromatic carbocycles. The van der Waals surface area contributed by atoms with Crippen LogP contribution < -0.4 is 0 Å². The van der Waals surface area contributed by atoms with E-state index < -0.39 is 0 Å². The van der Waals surface area contributed by atoms with Gasteiger partial charge in [-0.25, -0.2) is 0 Å². The number of aryl methyl sites for hydroxylation is 1. The molecule has 2 aromatic rings. The number of rotatable bonds is 4. The van der Waals surface area contributed by atoms with Crippen molar-refractivity contribution in [2.75, 3.05) is 19.6 Å². The minimum atomic E-state index is 0.227. The van der Waals surface area contributed by atoms with Gasteiger partial charge in [-0.05, 0) is 44.4 Å². The van der Waals surface area contributed by atoms with Crippen LogP contribution in [-0.4, -0.2) is 50.1 Å². The number of piperidine rings is 2. The second-order valence-electron chi connectivity index (χ2n) is 8.30. The fourth-order valence-electron chi connectivity index (χ4n) is 4.68. The van der Waals surface area contributed by atoms with E-state index in [1.807, 2.05) is 30.2 Å². The average molecular weight is 367 g/mol. The monoisotopic (exact) mass is 367 g/mol. The molecule has 2 aromatic heterocycles. The van der Waals surface area contributed by atoms with Gasteiger partial charge in [0, 0.05) is 68.7 Å². The highest BCUT2D eigenvalue weighted by Crippen LogP contribution is 2.39. The Morgan fingerprint density at radius 2 is 2.07 bits per heavy atom. The predicted molar refractivity (Wildman–Crippen MR) is 104 cm³/mol. The van der Waals surface area contributed by atoms with Crippen LogP contribution in [0.3, 0.4) is 0 Å². The molecule has 1 atom stereocenters. The highest BCUT2D eigenvalue weighted by Gasteiger charge is 2.41. The van der Waals surface area contributed by atoms with E-state index in [9.17, 15) is 4.79 Å². The minimum Gasteiger partial charge on any atom is -0.338 e. The molecule has 1 spiro atoms. The van der Waals surface area contributed by atoms with Crippen molar-refractivity contribution in [3.05, 3.63) is 47.5 Å². The van der Waals surface area contributed by atoms with Crippen LogP contribution in [0.1, 0.15) is 42.5 Å².